The number of Topliss-reactive ketones (excluding diaryl/α,β-unsaturated/α-hetero) is 1. The van der Waals surface area contributed by atoms with Crippen LogP contribution in [0.1, 0.15) is 78.1 Å². The van der Waals surface area contributed by atoms with Crippen LogP contribution in [0, 0.1) is 5.41 Å². The summed E-state index contributed by atoms with van der Waals surface area (Å²) < 4.78 is 79.5. The van der Waals surface area contributed by atoms with Crippen LogP contribution in [0.2, 0.25) is 0 Å². The van der Waals surface area contributed by atoms with Crippen LogP contribution in [0.3, 0.4) is 0 Å². The number of hydrogen-bond acceptors (Lipinski definition) is 8. The molecule has 15 heteroatoms. The number of alkyl halides is 3. The van der Waals surface area contributed by atoms with Crippen LogP contribution >= 0.6 is 0 Å². The van der Waals surface area contributed by atoms with Gasteiger partial charge in [0.15, 0.2) is 11.5 Å². The van der Waals surface area contributed by atoms with E-state index < -0.39 is 51.0 Å². The molecule has 1 amide bonds. The second-order valence-electron chi connectivity index (χ2n) is 10.2. The van der Waals surface area contributed by atoms with Crippen molar-refractivity contribution in [3.63, 3.8) is 0 Å². The van der Waals surface area contributed by atoms with Gasteiger partial charge in [-0.15, -0.1) is 0 Å². The topological polar surface area (TPSA) is 156 Å². The summed E-state index contributed by atoms with van der Waals surface area (Å²) in [7, 11) is -4.83. The number of carbonyl (C=O) groups is 2. The first-order chi connectivity index (χ1) is 17.0. The minimum atomic E-state index is -4.83. The summed E-state index contributed by atoms with van der Waals surface area (Å²) in [6.45, 7) is 3.58. The third-order valence-corrected chi connectivity index (χ3v) is 7.12. The third kappa shape index (κ3) is 6.77. The molecule has 2 aliphatic rings. The number of nitrogens with two attached hydrogens (primary N) is 1. The average Bonchev–Trinajstić information content (AvgIpc) is 3.13. The molecule has 1 saturated carbocycles. The molecule has 3 N–H and O–H groups in total. The van der Waals surface area contributed by atoms with Crippen LogP contribution in [0.4, 0.5) is 18.9 Å². The number of hydrogen-bond donors (Lipinski definition) is 2. The maximum Gasteiger partial charge on any atom is 1.00 e. The second kappa shape index (κ2) is 10.9. The monoisotopic (exact) mass is 566 g/mol. The summed E-state index contributed by atoms with van der Waals surface area (Å²) in [5, 5.41) is 6.93. The van der Waals surface area contributed by atoms with Gasteiger partial charge in [-0.2, -0.15) is 18.3 Å². The molecule has 0 unspecified atom stereocenters. The third-order valence-electron chi connectivity index (χ3n) is 6.61. The number of halogens is 3. The summed E-state index contributed by atoms with van der Waals surface area (Å²) in [5.74, 6) is -1.39. The van der Waals surface area contributed by atoms with Crippen molar-refractivity contribution >= 4 is 27.8 Å². The molecule has 10 nitrogen and oxygen atoms in total. The van der Waals surface area contributed by atoms with E-state index in [1.165, 1.54) is 18.2 Å². The SMILES string of the molecule is CC1(C)CC(=O)c2c(C(F)(F)F)nn(-c3ccc(C(N)=O)c(N[C@H]4CC[C@H](OS(=O)(=O)[O-])CC4)c3)c2C1.[Na+]. The van der Waals surface area contributed by atoms with Gasteiger partial charge in [-0.05, 0) is 55.7 Å². The summed E-state index contributed by atoms with van der Waals surface area (Å²) in [5.41, 5.74) is 3.95. The minimum Gasteiger partial charge on any atom is -0.726 e. The Balaban J connectivity index is 0.00000400. The van der Waals surface area contributed by atoms with Crippen LogP contribution in [0.15, 0.2) is 18.2 Å². The standard InChI is InChI=1S/C23H27F3N4O6S.Na/c1-22(2)10-17-19(18(31)11-22)20(23(24,25)26)29-30(17)13-5-8-15(21(27)32)16(9-13)28-12-3-6-14(7-4-12)36-37(33,34)35;/h5,8-9,12,14,28H,3-4,6-7,10-11H2,1-2H3,(H2,27,32)(H,33,34,35);/q;+1/p-1/t12-,14-;. The van der Waals surface area contributed by atoms with E-state index in [2.05, 4.69) is 14.6 Å². The van der Waals surface area contributed by atoms with Gasteiger partial charge in [-0.3, -0.25) is 13.8 Å². The van der Waals surface area contributed by atoms with Gasteiger partial charge >= 0.3 is 35.7 Å². The fraction of sp³-hybridized carbons (Fsp3) is 0.522. The molecule has 1 aromatic heterocycles. The molecule has 1 fully saturated rings. The van der Waals surface area contributed by atoms with Crippen molar-refractivity contribution in [3.8, 4) is 5.69 Å². The Bertz CT molecular complexity index is 1350. The second-order valence-corrected chi connectivity index (χ2v) is 11.2. The first-order valence-corrected chi connectivity index (χ1v) is 12.9. The molecule has 2 aromatic rings. The predicted molar refractivity (Wildman–Crippen MR) is 124 cm³/mol. The van der Waals surface area contributed by atoms with Crippen LogP contribution in [0.25, 0.3) is 5.69 Å². The van der Waals surface area contributed by atoms with Crippen molar-refractivity contribution in [3.05, 3.63) is 40.7 Å². The van der Waals surface area contributed by atoms with E-state index in [1.54, 1.807) is 13.8 Å². The smallest absolute Gasteiger partial charge is 0.726 e. The molecular formula is C23H26F3N4NaO6S. The number of rotatable bonds is 6. The number of nitrogens with one attached hydrogen (secondary N) is 1. The maximum absolute atomic E-state index is 13.8. The van der Waals surface area contributed by atoms with Gasteiger partial charge in [0.1, 0.15) is 0 Å². The Morgan fingerprint density at radius 1 is 1.21 bits per heavy atom. The fourth-order valence-corrected chi connectivity index (χ4v) is 5.57. The van der Waals surface area contributed by atoms with Crippen LogP contribution in [-0.2, 0) is 27.2 Å². The van der Waals surface area contributed by atoms with Crippen molar-refractivity contribution < 1.29 is 69.5 Å². The molecule has 38 heavy (non-hydrogen) atoms. The number of fused-ring (bicyclic) bond motifs is 1. The molecule has 0 radical (unpaired) electrons. The van der Waals surface area contributed by atoms with Crippen molar-refractivity contribution in [1.82, 2.24) is 9.78 Å². The average molecular weight is 567 g/mol. The van der Waals surface area contributed by atoms with Gasteiger partial charge in [0.25, 0.3) is 5.91 Å². The number of aromatic nitrogens is 2. The molecule has 2 aliphatic carbocycles. The number of ketones is 1. The zero-order valence-electron chi connectivity index (χ0n) is 21.1. The Hall–Kier alpha value is -1.97. The Labute approximate surface area is 239 Å². The zero-order valence-corrected chi connectivity index (χ0v) is 23.9. The van der Waals surface area contributed by atoms with Crippen molar-refractivity contribution in [2.45, 2.75) is 70.7 Å². The molecule has 1 heterocycles. The van der Waals surface area contributed by atoms with Crippen molar-refractivity contribution in [2.24, 2.45) is 11.1 Å². The van der Waals surface area contributed by atoms with Gasteiger partial charge < -0.3 is 15.6 Å². The predicted octanol–water partition coefficient (Wildman–Crippen LogP) is 0.349. The summed E-state index contributed by atoms with van der Waals surface area (Å²) >= 11 is 0. The summed E-state index contributed by atoms with van der Waals surface area (Å²) in [6.07, 6.45) is -4.10. The first kappa shape index (κ1) is 30.6. The molecule has 4 rings (SSSR count). The van der Waals surface area contributed by atoms with E-state index in [0.717, 1.165) is 4.68 Å². The van der Waals surface area contributed by atoms with E-state index in [0.29, 0.717) is 12.8 Å². The quantitative estimate of drug-likeness (QED) is 0.288. The summed E-state index contributed by atoms with van der Waals surface area (Å²) in [4.78, 5) is 24.8. The van der Waals surface area contributed by atoms with E-state index in [4.69, 9.17) is 5.73 Å². The Morgan fingerprint density at radius 2 is 1.84 bits per heavy atom. The first-order valence-electron chi connectivity index (χ1n) is 11.6. The molecule has 1 aromatic carbocycles. The minimum absolute atomic E-state index is 0. The number of nitrogens with zero attached hydrogens (tertiary/aromatic N) is 2. The number of amides is 1. The van der Waals surface area contributed by atoms with E-state index in [-0.39, 0.29) is 83.9 Å². The van der Waals surface area contributed by atoms with Crippen molar-refractivity contribution in [1.29, 1.82) is 0 Å². The normalized spacial score (nSPS) is 21.4. The molecule has 202 valence electrons. The number of anilines is 1. The molecule has 0 atom stereocenters. The molecule has 0 spiro atoms. The van der Waals surface area contributed by atoms with Gasteiger partial charge in [0, 0.05) is 18.2 Å². The van der Waals surface area contributed by atoms with Crippen LogP contribution in [0.5, 0.6) is 0 Å². The van der Waals surface area contributed by atoms with Gasteiger partial charge in [0.2, 0.25) is 10.4 Å². The molecular weight excluding hydrogens is 540 g/mol. The maximum atomic E-state index is 13.8. The van der Waals surface area contributed by atoms with E-state index >= 15 is 0 Å². The van der Waals surface area contributed by atoms with Crippen LogP contribution < -0.4 is 40.6 Å². The van der Waals surface area contributed by atoms with E-state index in [1.807, 2.05) is 0 Å². The van der Waals surface area contributed by atoms with E-state index in [9.17, 15) is 35.7 Å². The molecule has 0 aliphatic heterocycles. The number of primary amides is 1. The van der Waals surface area contributed by atoms with Crippen LogP contribution in [-0.4, -0.2) is 46.6 Å². The number of benzene rings is 1. The van der Waals surface area contributed by atoms with Gasteiger partial charge in [-0.1, -0.05) is 13.8 Å². The van der Waals surface area contributed by atoms with Gasteiger partial charge in [0.05, 0.1) is 28.6 Å². The Kier molecular flexibility index (Phi) is 8.76. The fourth-order valence-electron chi connectivity index (χ4n) is 5.05. The Morgan fingerprint density at radius 3 is 2.39 bits per heavy atom. The largest absolute Gasteiger partial charge is 1.00 e. The molecule has 0 saturated heterocycles. The summed E-state index contributed by atoms with van der Waals surface area (Å²) in [6, 6.07) is 3.98. The zero-order chi connectivity index (χ0) is 27.3. The van der Waals surface area contributed by atoms with Crippen molar-refractivity contribution in [2.75, 3.05) is 5.32 Å². The number of carbonyl (C=O) groups excluding carboxylic acids is 2. The van der Waals surface area contributed by atoms with Gasteiger partial charge in [-0.25, -0.2) is 13.1 Å². The molecule has 0 bridgehead atoms.